The summed E-state index contributed by atoms with van der Waals surface area (Å²) in [5.74, 6) is 0.940. The third-order valence-electron chi connectivity index (χ3n) is 3.42. The standard InChI is InChI=1S/C15H15ClO2S/c1-9-8-19-15(13(9)16)14(17)11-4-5-12-10(7-11)3-2-6-18-12/h4-5,7-8,14,17H,2-3,6H2,1H3. The summed E-state index contributed by atoms with van der Waals surface area (Å²) in [7, 11) is 0. The summed E-state index contributed by atoms with van der Waals surface area (Å²) < 4.78 is 5.59. The molecule has 1 aliphatic rings. The molecule has 2 heterocycles. The second-order valence-corrected chi connectivity index (χ2v) is 6.11. The van der Waals surface area contributed by atoms with E-state index >= 15 is 0 Å². The Balaban J connectivity index is 1.95. The molecule has 0 amide bonds. The Morgan fingerprint density at radius 3 is 3.00 bits per heavy atom. The number of rotatable bonds is 2. The lowest BCUT2D eigenvalue weighted by Gasteiger charge is -2.19. The predicted octanol–water partition coefficient (Wildman–Crippen LogP) is 4.12. The van der Waals surface area contributed by atoms with Crippen molar-refractivity contribution in [3.8, 4) is 5.75 Å². The van der Waals surface area contributed by atoms with Gasteiger partial charge in [0.2, 0.25) is 0 Å². The van der Waals surface area contributed by atoms with E-state index < -0.39 is 6.10 Å². The molecule has 2 aromatic rings. The summed E-state index contributed by atoms with van der Waals surface area (Å²) in [6.45, 7) is 2.74. The number of aryl methyl sites for hydroxylation is 2. The number of halogens is 1. The maximum atomic E-state index is 10.5. The number of ether oxygens (including phenoxy) is 1. The first-order valence-electron chi connectivity index (χ1n) is 6.34. The number of hydrogen-bond acceptors (Lipinski definition) is 3. The van der Waals surface area contributed by atoms with Gasteiger partial charge in [-0.05, 0) is 54.0 Å². The van der Waals surface area contributed by atoms with Gasteiger partial charge in [0.15, 0.2) is 0 Å². The van der Waals surface area contributed by atoms with E-state index in [-0.39, 0.29) is 0 Å². The van der Waals surface area contributed by atoms with Gasteiger partial charge in [0.05, 0.1) is 16.5 Å². The molecule has 0 fully saturated rings. The molecule has 1 unspecified atom stereocenters. The highest BCUT2D eigenvalue weighted by atomic mass is 35.5. The zero-order valence-corrected chi connectivity index (χ0v) is 12.2. The molecule has 0 bridgehead atoms. The number of fused-ring (bicyclic) bond motifs is 1. The molecule has 1 aliphatic heterocycles. The number of thiophene rings is 1. The van der Waals surface area contributed by atoms with E-state index in [2.05, 4.69) is 0 Å². The van der Waals surface area contributed by atoms with E-state index in [0.29, 0.717) is 5.02 Å². The molecule has 2 nitrogen and oxygen atoms in total. The van der Waals surface area contributed by atoms with Gasteiger partial charge in [0.25, 0.3) is 0 Å². The Hall–Kier alpha value is -1.03. The van der Waals surface area contributed by atoms with Crippen molar-refractivity contribution in [3.63, 3.8) is 0 Å². The second-order valence-electron chi connectivity index (χ2n) is 4.82. The minimum atomic E-state index is -0.654. The van der Waals surface area contributed by atoms with Gasteiger partial charge in [0, 0.05) is 0 Å². The topological polar surface area (TPSA) is 29.5 Å². The lowest BCUT2D eigenvalue weighted by Crippen LogP contribution is -2.09. The number of hydrogen-bond donors (Lipinski definition) is 1. The summed E-state index contributed by atoms with van der Waals surface area (Å²) >= 11 is 7.73. The van der Waals surface area contributed by atoms with E-state index in [0.717, 1.165) is 41.2 Å². The molecule has 0 spiro atoms. The zero-order valence-electron chi connectivity index (χ0n) is 10.6. The zero-order chi connectivity index (χ0) is 13.4. The van der Waals surface area contributed by atoms with E-state index in [4.69, 9.17) is 16.3 Å². The van der Waals surface area contributed by atoms with Crippen LogP contribution in [0, 0.1) is 6.92 Å². The summed E-state index contributed by atoms with van der Waals surface area (Å²) in [5.41, 5.74) is 3.07. The normalized spacial score (nSPS) is 15.7. The van der Waals surface area contributed by atoms with Crippen LogP contribution in [0.2, 0.25) is 5.02 Å². The van der Waals surface area contributed by atoms with Crippen LogP contribution in [0.1, 0.15) is 34.1 Å². The molecule has 19 heavy (non-hydrogen) atoms. The number of aliphatic hydroxyl groups is 1. The van der Waals surface area contributed by atoms with Crippen molar-refractivity contribution in [2.45, 2.75) is 25.9 Å². The Labute approximate surface area is 121 Å². The fourth-order valence-electron chi connectivity index (χ4n) is 2.34. The van der Waals surface area contributed by atoms with Crippen LogP contribution in [0.25, 0.3) is 0 Å². The van der Waals surface area contributed by atoms with Crippen molar-refractivity contribution >= 4 is 22.9 Å². The second kappa shape index (κ2) is 5.16. The quantitative estimate of drug-likeness (QED) is 0.903. The minimum Gasteiger partial charge on any atom is -0.493 e. The molecule has 0 saturated carbocycles. The lowest BCUT2D eigenvalue weighted by molar-refractivity contribution is 0.223. The molecule has 0 saturated heterocycles. The summed E-state index contributed by atoms with van der Waals surface area (Å²) in [6, 6.07) is 5.89. The summed E-state index contributed by atoms with van der Waals surface area (Å²) in [5, 5.41) is 13.1. The van der Waals surface area contributed by atoms with Crippen molar-refractivity contribution in [2.75, 3.05) is 6.61 Å². The van der Waals surface area contributed by atoms with Crippen LogP contribution in [-0.4, -0.2) is 11.7 Å². The fraction of sp³-hybridized carbons (Fsp3) is 0.333. The molecule has 1 aromatic heterocycles. The van der Waals surface area contributed by atoms with Gasteiger partial charge in [-0.15, -0.1) is 11.3 Å². The van der Waals surface area contributed by atoms with Gasteiger partial charge in [-0.2, -0.15) is 0 Å². The largest absolute Gasteiger partial charge is 0.493 e. The van der Waals surface area contributed by atoms with Crippen molar-refractivity contribution in [1.82, 2.24) is 0 Å². The Morgan fingerprint density at radius 1 is 1.42 bits per heavy atom. The Bertz CT molecular complexity index is 606. The Morgan fingerprint density at radius 2 is 2.26 bits per heavy atom. The highest BCUT2D eigenvalue weighted by Gasteiger charge is 2.19. The van der Waals surface area contributed by atoms with Crippen LogP contribution in [-0.2, 0) is 6.42 Å². The third-order valence-corrected chi connectivity index (χ3v) is 5.19. The molecule has 1 N–H and O–H groups in total. The smallest absolute Gasteiger partial charge is 0.122 e. The average molecular weight is 295 g/mol. The van der Waals surface area contributed by atoms with Crippen LogP contribution in [0.15, 0.2) is 23.6 Å². The van der Waals surface area contributed by atoms with Crippen molar-refractivity contribution < 1.29 is 9.84 Å². The van der Waals surface area contributed by atoms with Gasteiger partial charge in [0.1, 0.15) is 11.9 Å². The summed E-state index contributed by atoms with van der Waals surface area (Å²) in [6.07, 6.45) is 1.39. The van der Waals surface area contributed by atoms with Gasteiger partial charge >= 0.3 is 0 Å². The molecule has 1 aromatic carbocycles. The van der Waals surface area contributed by atoms with Gasteiger partial charge in [-0.25, -0.2) is 0 Å². The molecule has 0 aliphatic carbocycles. The predicted molar refractivity (Wildman–Crippen MR) is 78.4 cm³/mol. The molecule has 3 rings (SSSR count). The van der Waals surface area contributed by atoms with E-state index in [1.54, 1.807) is 0 Å². The van der Waals surface area contributed by atoms with Crippen LogP contribution >= 0.6 is 22.9 Å². The van der Waals surface area contributed by atoms with Gasteiger partial charge in [-0.3, -0.25) is 0 Å². The molecule has 0 radical (unpaired) electrons. The molecule has 100 valence electrons. The molecule has 4 heteroatoms. The fourth-order valence-corrected chi connectivity index (χ4v) is 3.64. The third kappa shape index (κ3) is 2.38. The highest BCUT2D eigenvalue weighted by molar-refractivity contribution is 7.10. The van der Waals surface area contributed by atoms with Crippen molar-refractivity contribution in [3.05, 3.63) is 50.2 Å². The van der Waals surface area contributed by atoms with E-state index in [1.807, 2.05) is 30.5 Å². The van der Waals surface area contributed by atoms with Crippen LogP contribution < -0.4 is 4.74 Å². The first kappa shape index (κ1) is 13.0. The number of aliphatic hydroxyl groups excluding tert-OH is 1. The van der Waals surface area contributed by atoms with E-state index in [9.17, 15) is 5.11 Å². The minimum absolute atomic E-state index is 0.654. The lowest BCUT2D eigenvalue weighted by atomic mass is 10.00. The summed E-state index contributed by atoms with van der Waals surface area (Å²) in [4.78, 5) is 0.816. The Kier molecular flexibility index (Phi) is 3.52. The SMILES string of the molecule is Cc1csc(C(O)c2ccc3c(c2)CCCO3)c1Cl. The maximum Gasteiger partial charge on any atom is 0.122 e. The molecular weight excluding hydrogens is 280 g/mol. The van der Waals surface area contributed by atoms with Crippen LogP contribution in [0.3, 0.4) is 0 Å². The van der Waals surface area contributed by atoms with Gasteiger partial charge < -0.3 is 9.84 Å². The maximum absolute atomic E-state index is 10.5. The monoisotopic (exact) mass is 294 g/mol. The van der Waals surface area contributed by atoms with Crippen LogP contribution in [0.4, 0.5) is 0 Å². The average Bonchev–Trinajstić information content (AvgIpc) is 2.78. The first-order chi connectivity index (χ1) is 9.16. The van der Waals surface area contributed by atoms with E-state index in [1.165, 1.54) is 16.9 Å². The van der Waals surface area contributed by atoms with Gasteiger partial charge in [-0.1, -0.05) is 17.7 Å². The highest BCUT2D eigenvalue weighted by Crippen LogP contribution is 2.37. The van der Waals surface area contributed by atoms with Crippen molar-refractivity contribution in [1.29, 1.82) is 0 Å². The molecular formula is C15H15ClO2S. The van der Waals surface area contributed by atoms with Crippen molar-refractivity contribution in [2.24, 2.45) is 0 Å². The number of benzene rings is 1. The van der Waals surface area contributed by atoms with Crippen LogP contribution in [0.5, 0.6) is 5.75 Å². The molecule has 1 atom stereocenters. The first-order valence-corrected chi connectivity index (χ1v) is 7.60.